The van der Waals surface area contributed by atoms with Crippen molar-refractivity contribution in [3.05, 3.63) is 0 Å². The van der Waals surface area contributed by atoms with Crippen LogP contribution in [-0.2, 0) is 9.53 Å². The van der Waals surface area contributed by atoms with Crippen molar-refractivity contribution in [2.45, 2.75) is 46.1 Å². The molecule has 0 aromatic carbocycles. The van der Waals surface area contributed by atoms with Crippen LogP contribution >= 0.6 is 0 Å². The van der Waals surface area contributed by atoms with E-state index in [-0.39, 0.29) is 17.4 Å². The Hall–Kier alpha value is -0.610. The van der Waals surface area contributed by atoms with Crippen LogP contribution in [0, 0.1) is 11.3 Å². The van der Waals surface area contributed by atoms with Gasteiger partial charge in [0.15, 0.2) is 0 Å². The van der Waals surface area contributed by atoms with E-state index < -0.39 is 0 Å². The van der Waals surface area contributed by atoms with Gasteiger partial charge in [0, 0.05) is 25.6 Å². The number of rotatable bonds is 4. The summed E-state index contributed by atoms with van der Waals surface area (Å²) in [6.07, 6.45) is 2.64. The molecule has 1 aliphatic heterocycles. The highest BCUT2D eigenvalue weighted by Gasteiger charge is 2.23. The molecular weight excluding hydrogens is 216 g/mol. The molecule has 100 valence electrons. The van der Waals surface area contributed by atoms with Crippen molar-refractivity contribution in [1.82, 2.24) is 5.32 Å². The Kier molecular flexibility index (Phi) is 5.40. The largest absolute Gasteiger partial charge is 0.381 e. The summed E-state index contributed by atoms with van der Waals surface area (Å²) in [5.41, 5.74) is 5.95. The molecule has 1 heterocycles. The topological polar surface area (TPSA) is 64.4 Å². The Balaban J connectivity index is 2.20. The minimum atomic E-state index is -0.0925. The molecule has 1 fully saturated rings. The third-order valence-electron chi connectivity index (χ3n) is 3.36. The van der Waals surface area contributed by atoms with Crippen molar-refractivity contribution in [3.63, 3.8) is 0 Å². The maximum absolute atomic E-state index is 11.7. The van der Waals surface area contributed by atoms with E-state index in [1.807, 2.05) is 0 Å². The fourth-order valence-electron chi connectivity index (χ4n) is 1.80. The molecular formula is C13H26N2O2. The second-order valence-corrected chi connectivity index (χ2v) is 6.06. The molecule has 2 unspecified atom stereocenters. The molecule has 4 nitrogen and oxygen atoms in total. The quantitative estimate of drug-likeness (QED) is 0.781. The van der Waals surface area contributed by atoms with Gasteiger partial charge in [-0.2, -0.15) is 0 Å². The van der Waals surface area contributed by atoms with Crippen LogP contribution in [-0.4, -0.2) is 31.7 Å². The van der Waals surface area contributed by atoms with Crippen molar-refractivity contribution < 1.29 is 9.53 Å². The first-order valence-corrected chi connectivity index (χ1v) is 6.49. The lowest BCUT2D eigenvalue weighted by atomic mass is 9.85. The van der Waals surface area contributed by atoms with Crippen molar-refractivity contribution in [3.8, 4) is 0 Å². The lowest BCUT2D eigenvalue weighted by Gasteiger charge is -2.27. The van der Waals surface area contributed by atoms with E-state index >= 15 is 0 Å². The van der Waals surface area contributed by atoms with E-state index in [2.05, 4.69) is 26.1 Å². The van der Waals surface area contributed by atoms with Gasteiger partial charge in [0.1, 0.15) is 0 Å². The molecule has 3 N–H and O–H groups in total. The van der Waals surface area contributed by atoms with Crippen LogP contribution in [0.25, 0.3) is 0 Å². The molecule has 0 bridgehead atoms. The Morgan fingerprint density at radius 2 is 2.24 bits per heavy atom. The van der Waals surface area contributed by atoms with E-state index in [0.717, 1.165) is 32.6 Å². The number of carbonyl (C=O) groups is 1. The van der Waals surface area contributed by atoms with Crippen molar-refractivity contribution in [1.29, 1.82) is 0 Å². The highest BCUT2D eigenvalue weighted by Crippen LogP contribution is 2.19. The first kappa shape index (κ1) is 14.5. The molecule has 0 aliphatic carbocycles. The molecule has 0 saturated carbocycles. The number of amides is 1. The normalized spacial score (nSPS) is 23.2. The molecule has 1 saturated heterocycles. The van der Waals surface area contributed by atoms with Crippen LogP contribution < -0.4 is 11.1 Å². The van der Waals surface area contributed by atoms with Crippen molar-refractivity contribution in [2.24, 2.45) is 17.1 Å². The van der Waals surface area contributed by atoms with Crippen LogP contribution in [0.1, 0.15) is 40.0 Å². The average Bonchev–Trinajstić information content (AvgIpc) is 2.26. The third-order valence-corrected chi connectivity index (χ3v) is 3.36. The second kappa shape index (κ2) is 6.36. The number of ether oxygens (including phenoxy) is 1. The first-order valence-electron chi connectivity index (χ1n) is 6.49. The van der Waals surface area contributed by atoms with Gasteiger partial charge in [-0.3, -0.25) is 4.79 Å². The molecule has 0 aromatic heterocycles. The number of nitrogens with one attached hydrogen (secondary N) is 1. The summed E-state index contributed by atoms with van der Waals surface area (Å²) in [7, 11) is 0. The standard InChI is InChI=1S/C13H26N2O2/c1-13(2,3)11(14)7-12(16)15-8-10-5-4-6-17-9-10/h10-11H,4-9,14H2,1-3H3,(H,15,16). The summed E-state index contributed by atoms with van der Waals surface area (Å²) >= 11 is 0. The Bertz CT molecular complexity index is 242. The van der Waals surface area contributed by atoms with E-state index in [0.29, 0.717) is 12.3 Å². The molecule has 17 heavy (non-hydrogen) atoms. The zero-order valence-electron chi connectivity index (χ0n) is 11.3. The van der Waals surface area contributed by atoms with Crippen molar-refractivity contribution >= 4 is 5.91 Å². The number of hydrogen-bond donors (Lipinski definition) is 2. The number of hydrogen-bond acceptors (Lipinski definition) is 3. The molecule has 0 aromatic rings. The molecule has 1 rings (SSSR count). The van der Waals surface area contributed by atoms with Crippen LogP contribution in [0.15, 0.2) is 0 Å². The van der Waals surface area contributed by atoms with Gasteiger partial charge in [-0.05, 0) is 24.2 Å². The minimum Gasteiger partial charge on any atom is -0.381 e. The van der Waals surface area contributed by atoms with E-state index in [1.54, 1.807) is 0 Å². The molecule has 4 heteroatoms. The summed E-state index contributed by atoms with van der Waals surface area (Å²) in [5.74, 6) is 0.525. The smallest absolute Gasteiger partial charge is 0.221 e. The SMILES string of the molecule is CC(C)(C)C(N)CC(=O)NCC1CCCOC1. The second-order valence-electron chi connectivity index (χ2n) is 6.06. The van der Waals surface area contributed by atoms with E-state index in [4.69, 9.17) is 10.5 Å². The highest BCUT2D eigenvalue weighted by atomic mass is 16.5. The zero-order valence-corrected chi connectivity index (χ0v) is 11.3. The van der Waals surface area contributed by atoms with Crippen LogP contribution in [0.3, 0.4) is 0 Å². The predicted molar refractivity (Wildman–Crippen MR) is 68.6 cm³/mol. The lowest BCUT2D eigenvalue weighted by molar-refractivity contribution is -0.122. The maximum Gasteiger partial charge on any atom is 0.221 e. The molecule has 1 aliphatic rings. The van der Waals surface area contributed by atoms with E-state index in [9.17, 15) is 4.79 Å². The van der Waals surface area contributed by atoms with Gasteiger partial charge in [-0.25, -0.2) is 0 Å². The average molecular weight is 242 g/mol. The van der Waals surface area contributed by atoms with Crippen LogP contribution in [0.5, 0.6) is 0 Å². The fraction of sp³-hybridized carbons (Fsp3) is 0.923. The lowest BCUT2D eigenvalue weighted by Crippen LogP contribution is -2.41. The summed E-state index contributed by atoms with van der Waals surface area (Å²) in [6.45, 7) is 8.51. The third kappa shape index (κ3) is 5.50. The van der Waals surface area contributed by atoms with Crippen LogP contribution in [0.4, 0.5) is 0 Å². The van der Waals surface area contributed by atoms with Gasteiger partial charge in [-0.1, -0.05) is 20.8 Å². The van der Waals surface area contributed by atoms with Gasteiger partial charge in [0.2, 0.25) is 5.91 Å². The number of carbonyl (C=O) groups excluding carboxylic acids is 1. The summed E-state index contributed by atoms with van der Waals surface area (Å²) < 4.78 is 5.37. The summed E-state index contributed by atoms with van der Waals surface area (Å²) in [4.78, 5) is 11.7. The van der Waals surface area contributed by atoms with Gasteiger partial charge in [-0.15, -0.1) is 0 Å². The summed E-state index contributed by atoms with van der Waals surface area (Å²) in [5, 5.41) is 2.96. The monoisotopic (exact) mass is 242 g/mol. The Labute approximate surface area is 104 Å². The van der Waals surface area contributed by atoms with Gasteiger partial charge in [0.25, 0.3) is 0 Å². The minimum absolute atomic E-state index is 0.0225. The van der Waals surface area contributed by atoms with E-state index in [1.165, 1.54) is 0 Å². The number of nitrogens with two attached hydrogens (primary N) is 1. The fourth-order valence-corrected chi connectivity index (χ4v) is 1.80. The predicted octanol–water partition coefficient (Wildman–Crippen LogP) is 1.29. The van der Waals surface area contributed by atoms with Gasteiger partial charge >= 0.3 is 0 Å². The summed E-state index contributed by atoms with van der Waals surface area (Å²) in [6, 6.07) is -0.0925. The van der Waals surface area contributed by atoms with Gasteiger partial charge in [0.05, 0.1) is 6.61 Å². The Morgan fingerprint density at radius 3 is 2.76 bits per heavy atom. The molecule has 2 atom stereocenters. The molecule has 1 amide bonds. The van der Waals surface area contributed by atoms with Crippen molar-refractivity contribution in [2.75, 3.05) is 19.8 Å². The first-order chi connectivity index (χ1) is 7.89. The zero-order chi connectivity index (χ0) is 12.9. The van der Waals surface area contributed by atoms with Crippen LogP contribution in [0.2, 0.25) is 0 Å². The molecule has 0 spiro atoms. The maximum atomic E-state index is 11.7. The molecule has 0 radical (unpaired) electrons. The highest BCUT2D eigenvalue weighted by molar-refractivity contribution is 5.76. The Morgan fingerprint density at radius 1 is 1.53 bits per heavy atom. The van der Waals surface area contributed by atoms with Gasteiger partial charge < -0.3 is 15.8 Å².